The molecule has 0 unspecified atom stereocenters. The summed E-state index contributed by atoms with van der Waals surface area (Å²) in [4.78, 5) is 0. The fourth-order valence-electron chi connectivity index (χ4n) is 3.27. The van der Waals surface area contributed by atoms with E-state index >= 15 is 0 Å². The zero-order valence-electron chi connectivity index (χ0n) is 14.4. The van der Waals surface area contributed by atoms with Crippen molar-refractivity contribution in [1.82, 2.24) is 0 Å². The quantitative estimate of drug-likeness (QED) is 0.572. The Morgan fingerprint density at radius 3 is 1.37 bits per heavy atom. The van der Waals surface area contributed by atoms with Crippen molar-refractivity contribution in [3.8, 4) is 0 Å². The number of sulfone groups is 1. The van der Waals surface area contributed by atoms with Gasteiger partial charge < -0.3 is 0 Å². The van der Waals surface area contributed by atoms with Crippen LogP contribution in [-0.2, 0) is 14.6 Å². The van der Waals surface area contributed by atoms with Gasteiger partial charge in [0.15, 0.2) is 4.75 Å². The molecule has 0 radical (unpaired) electrons. The highest BCUT2D eigenvalue weighted by Gasteiger charge is 2.62. The summed E-state index contributed by atoms with van der Waals surface area (Å²) in [5.74, 6) is 0. The molecule has 0 N–H and O–H groups in total. The van der Waals surface area contributed by atoms with Crippen molar-refractivity contribution in [3.63, 3.8) is 0 Å². The van der Waals surface area contributed by atoms with Crippen LogP contribution in [0, 0.1) is 6.92 Å². The molecule has 0 aliphatic carbocycles. The zero-order chi connectivity index (χ0) is 19.7. The van der Waals surface area contributed by atoms with E-state index in [9.17, 15) is 21.6 Å². The fourth-order valence-corrected chi connectivity index (χ4v) is 4.96. The second-order valence-electron chi connectivity index (χ2n) is 6.23. The lowest BCUT2D eigenvalue weighted by Crippen LogP contribution is -2.45. The van der Waals surface area contributed by atoms with Gasteiger partial charge in [-0.1, -0.05) is 90.5 Å². The molecule has 3 aromatic carbocycles. The monoisotopic (exact) mass is 390 g/mol. The smallest absolute Gasteiger partial charge is 0.218 e. The number of benzene rings is 3. The molecule has 0 aliphatic heterocycles. The molecule has 27 heavy (non-hydrogen) atoms. The van der Waals surface area contributed by atoms with Crippen LogP contribution in [-0.4, -0.2) is 13.9 Å². The minimum Gasteiger partial charge on any atom is -0.218 e. The topological polar surface area (TPSA) is 34.1 Å². The van der Waals surface area contributed by atoms with Crippen molar-refractivity contribution in [2.24, 2.45) is 0 Å². The van der Waals surface area contributed by atoms with Gasteiger partial charge >= 0.3 is 5.51 Å². The van der Waals surface area contributed by atoms with E-state index in [0.29, 0.717) is 0 Å². The predicted octanol–water partition coefficient (Wildman–Crippen LogP) is 5.22. The third kappa shape index (κ3) is 3.04. The summed E-state index contributed by atoms with van der Waals surface area (Å²) in [6.07, 6.45) is 0. The zero-order valence-corrected chi connectivity index (χ0v) is 15.3. The normalized spacial score (nSPS) is 12.7. The molecule has 0 spiro atoms. The summed E-state index contributed by atoms with van der Waals surface area (Å²) < 4.78 is 65.3. The minimum atomic E-state index is -5.67. The highest BCUT2D eigenvalue weighted by molar-refractivity contribution is 7.93. The maximum absolute atomic E-state index is 13.9. The summed E-state index contributed by atoms with van der Waals surface area (Å²) >= 11 is 0. The summed E-state index contributed by atoms with van der Waals surface area (Å²) in [7, 11) is -5.67. The first kappa shape index (κ1) is 19.2. The van der Waals surface area contributed by atoms with Crippen molar-refractivity contribution in [1.29, 1.82) is 0 Å². The molecular weight excluding hydrogens is 373 g/mol. The van der Waals surface area contributed by atoms with Gasteiger partial charge in [-0.25, -0.2) is 8.42 Å². The van der Waals surface area contributed by atoms with E-state index in [0.717, 1.165) is 5.56 Å². The Labute approximate surface area is 156 Å². The summed E-state index contributed by atoms with van der Waals surface area (Å²) in [6, 6.07) is 21.2. The average molecular weight is 390 g/mol. The first-order chi connectivity index (χ1) is 12.7. The Kier molecular flexibility index (Phi) is 4.86. The van der Waals surface area contributed by atoms with Crippen LogP contribution in [0.1, 0.15) is 22.3 Å². The van der Waals surface area contributed by atoms with E-state index in [1.54, 1.807) is 31.2 Å². The molecule has 3 aromatic rings. The molecule has 0 amide bonds. The summed E-state index contributed by atoms with van der Waals surface area (Å²) in [5, 5.41) is 0. The van der Waals surface area contributed by atoms with E-state index < -0.39 is 20.1 Å². The van der Waals surface area contributed by atoms with E-state index in [-0.39, 0.29) is 16.7 Å². The average Bonchev–Trinajstić information content (AvgIpc) is 2.64. The van der Waals surface area contributed by atoms with E-state index in [4.69, 9.17) is 0 Å². The van der Waals surface area contributed by atoms with Crippen molar-refractivity contribution in [2.75, 3.05) is 0 Å². The Bertz CT molecular complexity index is 971. The molecule has 0 bridgehead atoms. The van der Waals surface area contributed by atoms with Crippen molar-refractivity contribution in [2.45, 2.75) is 17.2 Å². The van der Waals surface area contributed by atoms with Crippen molar-refractivity contribution < 1.29 is 21.6 Å². The van der Waals surface area contributed by atoms with Crippen LogP contribution >= 0.6 is 0 Å². The van der Waals surface area contributed by atoms with Crippen LogP contribution in [0.3, 0.4) is 0 Å². The molecule has 0 heterocycles. The van der Waals surface area contributed by atoms with Gasteiger partial charge in [-0.15, -0.1) is 0 Å². The van der Waals surface area contributed by atoms with E-state index in [1.165, 1.54) is 60.7 Å². The van der Waals surface area contributed by atoms with Gasteiger partial charge in [0.1, 0.15) is 0 Å². The van der Waals surface area contributed by atoms with Gasteiger partial charge in [-0.3, -0.25) is 0 Å². The SMILES string of the molecule is Cc1ccc(C(c2ccccc2)(c2ccccc2)S(=O)(=O)C(F)(F)F)cc1. The van der Waals surface area contributed by atoms with Gasteiger partial charge in [0.05, 0.1) is 0 Å². The second kappa shape index (κ2) is 6.85. The Balaban J connectivity index is 2.53. The maximum atomic E-state index is 13.9. The summed E-state index contributed by atoms with van der Waals surface area (Å²) in [6.45, 7) is 1.79. The first-order valence-corrected chi connectivity index (χ1v) is 9.68. The van der Waals surface area contributed by atoms with Gasteiger partial charge in [0.2, 0.25) is 0 Å². The lowest BCUT2D eigenvalue weighted by atomic mass is 9.84. The highest BCUT2D eigenvalue weighted by atomic mass is 32.2. The van der Waals surface area contributed by atoms with Crippen molar-refractivity contribution in [3.05, 3.63) is 107 Å². The third-order valence-corrected chi connectivity index (χ3v) is 6.65. The Morgan fingerprint density at radius 1 is 0.630 bits per heavy atom. The van der Waals surface area contributed by atoms with Crippen LogP contribution in [0.4, 0.5) is 13.2 Å². The number of halogens is 3. The molecule has 0 saturated carbocycles. The van der Waals surface area contributed by atoms with Gasteiger partial charge in [0.25, 0.3) is 9.84 Å². The molecule has 0 atom stereocenters. The predicted molar refractivity (Wildman–Crippen MR) is 98.9 cm³/mol. The number of hydrogen-bond donors (Lipinski definition) is 0. The maximum Gasteiger partial charge on any atom is 0.498 e. The van der Waals surface area contributed by atoms with Gasteiger partial charge in [-0.2, -0.15) is 13.2 Å². The number of aryl methyl sites for hydroxylation is 1. The fraction of sp³-hybridized carbons (Fsp3) is 0.143. The second-order valence-corrected chi connectivity index (χ2v) is 8.31. The minimum absolute atomic E-state index is 0.0392. The number of hydrogen-bond acceptors (Lipinski definition) is 2. The van der Waals surface area contributed by atoms with Crippen LogP contribution in [0.2, 0.25) is 0 Å². The third-order valence-electron chi connectivity index (χ3n) is 4.53. The van der Waals surface area contributed by atoms with Crippen LogP contribution in [0.25, 0.3) is 0 Å². The molecule has 0 saturated heterocycles. The summed E-state index contributed by atoms with van der Waals surface area (Å²) in [5.41, 5.74) is -4.50. The lowest BCUT2D eigenvalue weighted by molar-refractivity contribution is -0.0451. The molecular formula is C21H17F3O2S. The van der Waals surface area contributed by atoms with Gasteiger partial charge in [0, 0.05) is 0 Å². The largest absolute Gasteiger partial charge is 0.498 e. The van der Waals surface area contributed by atoms with Gasteiger partial charge in [-0.05, 0) is 23.6 Å². The number of alkyl halides is 3. The Hall–Kier alpha value is -2.60. The first-order valence-electron chi connectivity index (χ1n) is 8.20. The molecule has 0 fully saturated rings. The van der Waals surface area contributed by atoms with Crippen LogP contribution in [0.15, 0.2) is 84.9 Å². The molecule has 2 nitrogen and oxygen atoms in total. The molecule has 6 heteroatoms. The standard InChI is InChI=1S/C21H17F3O2S/c1-16-12-14-19(15-13-16)20(17-8-4-2-5-9-17,18-10-6-3-7-11-18)27(25,26)21(22,23)24/h2-15H,1H3. The lowest BCUT2D eigenvalue weighted by Gasteiger charge is -2.35. The molecule has 0 aliphatic rings. The highest BCUT2D eigenvalue weighted by Crippen LogP contribution is 2.49. The Morgan fingerprint density at radius 2 is 1.00 bits per heavy atom. The molecule has 140 valence electrons. The van der Waals surface area contributed by atoms with E-state index in [2.05, 4.69) is 0 Å². The van der Waals surface area contributed by atoms with E-state index in [1.807, 2.05) is 0 Å². The molecule has 3 rings (SSSR count). The van der Waals surface area contributed by atoms with Crippen LogP contribution in [0.5, 0.6) is 0 Å². The van der Waals surface area contributed by atoms with Crippen LogP contribution < -0.4 is 0 Å². The van der Waals surface area contributed by atoms with Crippen molar-refractivity contribution >= 4 is 9.84 Å². The number of rotatable bonds is 4. The molecule has 0 aromatic heterocycles.